The van der Waals surface area contributed by atoms with Crippen LogP contribution in [-0.2, 0) is 9.53 Å². The zero-order chi connectivity index (χ0) is 11.1. The molecule has 1 rings (SSSR count). The van der Waals surface area contributed by atoms with Crippen molar-refractivity contribution in [3.05, 3.63) is 30.3 Å². The lowest BCUT2D eigenvalue weighted by Gasteiger charge is -2.12. The van der Waals surface area contributed by atoms with Crippen molar-refractivity contribution in [1.82, 2.24) is 0 Å². The van der Waals surface area contributed by atoms with Gasteiger partial charge in [0.2, 0.25) is 0 Å². The number of carbonyl (C=O) groups is 1. The van der Waals surface area contributed by atoms with Crippen molar-refractivity contribution >= 4 is 5.97 Å². The van der Waals surface area contributed by atoms with Crippen molar-refractivity contribution in [2.24, 2.45) is 0 Å². The van der Waals surface area contributed by atoms with Crippen molar-refractivity contribution < 1.29 is 14.3 Å². The molecule has 1 atom stereocenters. The molecule has 0 fully saturated rings. The number of ether oxygens (including phenoxy) is 2. The fourth-order valence-corrected chi connectivity index (χ4v) is 1.20. The number of hydrogen-bond acceptors (Lipinski definition) is 3. The maximum atomic E-state index is 10.6. The molecular formula is C12H16O3. The molecule has 0 bridgehead atoms. The third kappa shape index (κ3) is 5.05. The van der Waals surface area contributed by atoms with Crippen LogP contribution >= 0.6 is 0 Å². The fraction of sp³-hybridized carbons (Fsp3) is 0.417. The largest absolute Gasteiger partial charge is 0.493 e. The number of hydrogen-bond donors (Lipinski definition) is 0. The number of para-hydroxylation sites is 1. The Kier molecular flexibility index (Phi) is 4.68. The van der Waals surface area contributed by atoms with E-state index in [0.717, 1.165) is 5.75 Å². The molecule has 0 saturated heterocycles. The molecule has 82 valence electrons. The van der Waals surface area contributed by atoms with E-state index in [2.05, 4.69) is 0 Å². The van der Waals surface area contributed by atoms with Crippen molar-refractivity contribution in [1.29, 1.82) is 0 Å². The second-order valence-electron chi connectivity index (χ2n) is 3.37. The predicted octanol–water partition coefficient (Wildman–Crippen LogP) is 2.41. The van der Waals surface area contributed by atoms with Crippen LogP contribution in [-0.4, -0.2) is 18.7 Å². The third-order valence-electron chi connectivity index (χ3n) is 1.90. The van der Waals surface area contributed by atoms with Crippen LogP contribution in [0.5, 0.6) is 5.75 Å². The topological polar surface area (TPSA) is 35.5 Å². The van der Waals surface area contributed by atoms with Gasteiger partial charge in [-0.3, -0.25) is 4.79 Å². The van der Waals surface area contributed by atoms with Gasteiger partial charge in [-0.2, -0.15) is 0 Å². The molecule has 15 heavy (non-hydrogen) atoms. The average molecular weight is 208 g/mol. The van der Waals surface area contributed by atoms with Gasteiger partial charge in [0.15, 0.2) is 0 Å². The molecule has 1 unspecified atom stereocenters. The SMILES string of the molecule is CC(=O)OC(C)CCOc1ccccc1. The molecule has 0 aliphatic carbocycles. The van der Waals surface area contributed by atoms with Crippen LogP contribution < -0.4 is 4.74 Å². The van der Waals surface area contributed by atoms with Crippen LogP contribution in [0.15, 0.2) is 30.3 Å². The van der Waals surface area contributed by atoms with E-state index in [1.165, 1.54) is 6.92 Å². The summed E-state index contributed by atoms with van der Waals surface area (Å²) in [6.07, 6.45) is 0.611. The summed E-state index contributed by atoms with van der Waals surface area (Å²) in [5.74, 6) is 0.592. The van der Waals surface area contributed by atoms with E-state index in [9.17, 15) is 4.79 Å². The third-order valence-corrected chi connectivity index (χ3v) is 1.90. The highest BCUT2D eigenvalue weighted by molar-refractivity contribution is 5.66. The zero-order valence-corrected chi connectivity index (χ0v) is 9.10. The van der Waals surface area contributed by atoms with Crippen molar-refractivity contribution in [2.75, 3.05) is 6.61 Å². The first-order valence-corrected chi connectivity index (χ1v) is 5.03. The zero-order valence-electron chi connectivity index (χ0n) is 9.10. The van der Waals surface area contributed by atoms with Gasteiger partial charge in [-0.1, -0.05) is 18.2 Å². The van der Waals surface area contributed by atoms with Crippen LogP contribution in [0, 0.1) is 0 Å². The van der Waals surface area contributed by atoms with Gasteiger partial charge in [-0.15, -0.1) is 0 Å². The molecule has 3 nitrogen and oxygen atoms in total. The number of carbonyl (C=O) groups excluding carboxylic acids is 1. The van der Waals surface area contributed by atoms with Gasteiger partial charge < -0.3 is 9.47 Å². The van der Waals surface area contributed by atoms with Gasteiger partial charge in [0.05, 0.1) is 6.61 Å². The van der Waals surface area contributed by atoms with E-state index in [-0.39, 0.29) is 12.1 Å². The molecule has 0 radical (unpaired) electrons. The molecule has 0 amide bonds. The lowest BCUT2D eigenvalue weighted by Crippen LogP contribution is -2.15. The van der Waals surface area contributed by atoms with Gasteiger partial charge in [-0.25, -0.2) is 0 Å². The highest BCUT2D eigenvalue weighted by atomic mass is 16.5. The monoisotopic (exact) mass is 208 g/mol. The van der Waals surface area contributed by atoms with Gasteiger partial charge in [-0.05, 0) is 19.1 Å². The summed E-state index contributed by atoms with van der Waals surface area (Å²) in [4.78, 5) is 10.6. The fourth-order valence-electron chi connectivity index (χ4n) is 1.20. The molecular weight excluding hydrogens is 192 g/mol. The lowest BCUT2D eigenvalue weighted by atomic mass is 10.3. The summed E-state index contributed by atoms with van der Waals surface area (Å²) in [5, 5.41) is 0. The first kappa shape index (κ1) is 11.6. The summed E-state index contributed by atoms with van der Waals surface area (Å²) in [5.41, 5.74) is 0. The van der Waals surface area contributed by atoms with E-state index < -0.39 is 0 Å². The molecule has 0 saturated carbocycles. The van der Waals surface area contributed by atoms with Crippen molar-refractivity contribution in [2.45, 2.75) is 26.4 Å². The maximum absolute atomic E-state index is 10.6. The minimum Gasteiger partial charge on any atom is -0.493 e. The summed E-state index contributed by atoms with van der Waals surface area (Å²) in [7, 11) is 0. The summed E-state index contributed by atoms with van der Waals surface area (Å²) < 4.78 is 10.4. The highest BCUT2D eigenvalue weighted by Crippen LogP contribution is 2.09. The summed E-state index contributed by atoms with van der Waals surface area (Å²) in [6, 6.07) is 9.58. The van der Waals surface area contributed by atoms with Gasteiger partial charge in [0.25, 0.3) is 0 Å². The first-order chi connectivity index (χ1) is 7.18. The summed E-state index contributed by atoms with van der Waals surface area (Å²) in [6.45, 7) is 3.82. The highest BCUT2D eigenvalue weighted by Gasteiger charge is 2.04. The minimum absolute atomic E-state index is 0.0915. The Morgan fingerprint density at radius 3 is 2.60 bits per heavy atom. The average Bonchev–Trinajstić information content (AvgIpc) is 2.18. The van der Waals surface area contributed by atoms with E-state index >= 15 is 0 Å². The Hall–Kier alpha value is -1.51. The maximum Gasteiger partial charge on any atom is 0.302 e. The molecule has 0 aromatic heterocycles. The van der Waals surface area contributed by atoms with Gasteiger partial charge in [0, 0.05) is 13.3 Å². The Morgan fingerprint density at radius 1 is 1.33 bits per heavy atom. The summed E-state index contributed by atoms with van der Waals surface area (Å²) >= 11 is 0. The molecule has 0 aliphatic heterocycles. The first-order valence-electron chi connectivity index (χ1n) is 5.03. The van der Waals surface area contributed by atoms with Crippen LogP contribution in [0.2, 0.25) is 0 Å². The molecule has 1 aromatic rings. The predicted molar refractivity (Wildman–Crippen MR) is 57.8 cm³/mol. The number of esters is 1. The van der Waals surface area contributed by atoms with Crippen LogP contribution in [0.25, 0.3) is 0 Å². The normalized spacial score (nSPS) is 11.9. The lowest BCUT2D eigenvalue weighted by molar-refractivity contribution is -0.145. The molecule has 0 heterocycles. The minimum atomic E-state index is -0.248. The smallest absolute Gasteiger partial charge is 0.302 e. The molecule has 0 spiro atoms. The van der Waals surface area contributed by atoms with Gasteiger partial charge >= 0.3 is 5.97 Å². The van der Waals surface area contributed by atoms with E-state index in [1.54, 1.807) is 0 Å². The van der Waals surface area contributed by atoms with Gasteiger partial charge in [0.1, 0.15) is 11.9 Å². The Bertz CT molecular complexity index is 295. The van der Waals surface area contributed by atoms with Crippen LogP contribution in [0.3, 0.4) is 0 Å². The van der Waals surface area contributed by atoms with E-state index in [1.807, 2.05) is 37.3 Å². The van der Waals surface area contributed by atoms with E-state index in [4.69, 9.17) is 9.47 Å². The molecule has 1 aromatic carbocycles. The molecule has 0 aliphatic rings. The molecule has 3 heteroatoms. The quantitative estimate of drug-likeness (QED) is 0.697. The van der Waals surface area contributed by atoms with Crippen LogP contribution in [0.1, 0.15) is 20.3 Å². The van der Waals surface area contributed by atoms with E-state index in [0.29, 0.717) is 13.0 Å². The second kappa shape index (κ2) is 6.06. The van der Waals surface area contributed by atoms with Crippen LogP contribution in [0.4, 0.5) is 0 Å². The molecule has 0 N–H and O–H groups in total. The Morgan fingerprint density at radius 2 is 2.00 bits per heavy atom. The Labute approximate surface area is 90.0 Å². The van der Waals surface area contributed by atoms with Crippen molar-refractivity contribution in [3.63, 3.8) is 0 Å². The Balaban J connectivity index is 2.19. The number of benzene rings is 1. The van der Waals surface area contributed by atoms with Crippen molar-refractivity contribution in [3.8, 4) is 5.75 Å². The standard InChI is InChI=1S/C12H16O3/c1-10(15-11(2)13)8-9-14-12-6-4-3-5-7-12/h3-7,10H,8-9H2,1-2H3. The second-order valence-corrected chi connectivity index (χ2v) is 3.37. The number of rotatable bonds is 5.